The maximum absolute atomic E-state index is 13.9. The van der Waals surface area contributed by atoms with Crippen LogP contribution in [0.25, 0.3) is 0 Å². The van der Waals surface area contributed by atoms with Gasteiger partial charge in [-0.15, -0.1) is 0 Å². The molecule has 1 aliphatic carbocycles. The van der Waals surface area contributed by atoms with Gasteiger partial charge >= 0.3 is 0 Å². The second-order valence-corrected chi connectivity index (χ2v) is 10.9. The molecule has 1 heterocycles. The first kappa shape index (κ1) is 20.4. The van der Waals surface area contributed by atoms with Crippen molar-refractivity contribution in [3.63, 3.8) is 0 Å². The minimum atomic E-state index is -3.70. The van der Waals surface area contributed by atoms with E-state index in [-0.39, 0.29) is 10.9 Å². The number of sulfone groups is 1. The summed E-state index contributed by atoms with van der Waals surface area (Å²) in [6.07, 6.45) is 3.00. The highest BCUT2D eigenvalue weighted by molar-refractivity contribution is 7.92. The van der Waals surface area contributed by atoms with E-state index in [0.29, 0.717) is 13.0 Å². The van der Waals surface area contributed by atoms with Gasteiger partial charge in [-0.3, -0.25) is 0 Å². The number of rotatable bonds is 4. The topological polar surface area (TPSA) is 46.2 Å². The molecule has 1 N–H and O–H groups in total. The predicted octanol–water partition coefficient (Wildman–Crippen LogP) is 4.70. The standard InChI is InChI=1S/C26H26FNO2S/c1-18-4-2-3-5-20(18)16-19-6-12-24-21(17-19)7-13-25-26(24,14-15-28-25)31(29,30)23-10-8-22(27)9-11-23/h2-6,8-12,17,25,28H,7,13-16H2,1H3/t25-,26-/m1/s1. The van der Waals surface area contributed by atoms with Crippen LogP contribution in [-0.2, 0) is 27.4 Å². The van der Waals surface area contributed by atoms with E-state index < -0.39 is 20.4 Å². The summed E-state index contributed by atoms with van der Waals surface area (Å²) in [6, 6.07) is 19.8. The van der Waals surface area contributed by atoms with Crippen LogP contribution in [0.5, 0.6) is 0 Å². The monoisotopic (exact) mass is 435 g/mol. The SMILES string of the molecule is Cc1ccccc1Cc1ccc2c(c1)CC[C@H]1NCC[C@@]21S(=O)(=O)c1ccc(F)cc1. The average molecular weight is 436 g/mol. The Bertz CT molecular complexity index is 1240. The maximum atomic E-state index is 13.9. The van der Waals surface area contributed by atoms with Crippen molar-refractivity contribution < 1.29 is 12.8 Å². The van der Waals surface area contributed by atoms with Crippen LogP contribution < -0.4 is 5.32 Å². The van der Waals surface area contributed by atoms with E-state index in [1.165, 1.54) is 41.0 Å². The zero-order chi connectivity index (χ0) is 21.6. The fraction of sp³-hybridized carbons (Fsp3) is 0.308. The molecular formula is C26H26FNO2S. The highest BCUT2D eigenvalue weighted by Crippen LogP contribution is 2.49. The zero-order valence-electron chi connectivity index (χ0n) is 17.6. The molecule has 0 radical (unpaired) electrons. The molecular weight excluding hydrogens is 409 g/mol. The number of fused-ring (bicyclic) bond motifs is 3. The molecule has 2 aliphatic rings. The molecule has 160 valence electrons. The lowest BCUT2D eigenvalue weighted by Gasteiger charge is -2.40. The fourth-order valence-corrected chi connectivity index (χ4v) is 7.77. The van der Waals surface area contributed by atoms with Gasteiger partial charge in [0.2, 0.25) is 0 Å². The summed E-state index contributed by atoms with van der Waals surface area (Å²) in [6.45, 7) is 2.78. The van der Waals surface area contributed by atoms with Crippen molar-refractivity contribution in [1.29, 1.82) is 0 Å². The van der Waals surface area contributed by atoms with Gasteiger partial charge in [0.1, 0.15) is 10.6 Å². The number of hydrogen-bond acceptors (Lipinski definition) is 3. The molecule has 2 atom stereocenters. The van der Waals surface area contributed by atoms with Crippen molar-refractivity contribution in [3.8, 4) is 0 Å². The molecule has 5 heteroatoms. The van der Waals surface area contributed by atoms with Gasteiger partial charge in [-0.05, 0) is 91.2 Å². The first-order chi connectivity index (χ1) is 14.9. The quantitative estimate of drug-likeness (QED) is 0.604. The first-order valence-electron chi connectivity index (χ1n) is 10.8. The lowest BCUT2D eigenvalue weighted by molar-refractivity contribution is 0.415. The summed E-state index contributed by atoms with van der Waals surface area (Å²) in [7, 11) is -3.70. The van der Waals surface area contributed by atoms with E-state index in [4.69, 9.17) is 0 Å². The first-order valence-corrected chi connectivity index (χ1v) is 12.3. The number of halogens is 1. The number of nitrogens with one attached hydrogen (secondary N) is 1. The second kappa shape index (κ2) is 7.57. The van der Waals surface area contributed by atoms with Gasteiger partial charge in [0, 0.05) is 6.04 Å². The van der Waals surface area contributed by atoms with Crippen molar-refractivity contribution in [1.82, 2.24) is 5.32 Å². The third-order valence-electron chi connectivity index (χ3n) is 7.04. The average Bonchev–Trinajstić information content (AvgIpc) is 3.22. The molecule has 1 aliphatic heterocycles. The van der Waals surface area contributed by atoms with Crippen LogP contribution in [0.4, 0.5) is 4.39 Å². The smallest absolute Gasteiger partial charge is 0.189 e. The normalized spacial score (nSPS) is 22.7. The van der Waals surface area contributed by atoms with Gasteiger partial charge < -0.3 is 5.32 Å². The van der Waals surface area contributed by atoms with Crippen LogP contribution in [0.1, 0.15) is 40.7 Å². The molecule has 0 aromatic heterocycles. The maximum Gasteiger partial charge on any atom is 0.189 e. The third-order valence-corrected chi connectivity index (χ3v) is 9.60. The Morgan fingerprint density at radius 1 is 1.06 bits per heavy atom. The summed E-state index contributed by atoms with van der Waals surface area (Å²) < 4.78 is 40.3. The highest BCUT2D eigenvalue weighted by atomic mass is 32.2. The van der Waals surface area contributed by atoms with Gasteiger partial charge in [-0.1, -0.05) is 42.5 Å². The number of aryl methyl sites for hydroxylation is 2. The van der Waals surface area contributed by atoms with Crippen LogP contribution in [0.3, 0.4) is 0 Å². The summed E-state index contributed by atoms with van der Waals surface area (Å²) >= 11 is 0. The van der Waals surface area contributed by atoms with Crippen molar-refractivity contribution in [2.24, 2.45) is 0 Å². The van der Waals surface area contributed by atoms with E-state index in [1.54, 1.807) is 0 Å². The van der Waals surface area contributed by atoms with Gasteiger partial charge in [0.05, 0.1) is 4.90 Å². The van der Waals surface area contributed by atoms with Gasteiger partial charge in [0.25, 0.3) is 0 Å². The Balaban J connectivity index is 1.59. The molecule has 31 heavy (non-hydrogen) atoms. The van der Waals surface area contributed by atoms with Crippen molar-refractivity contribution in [2.75, 3.05) is 6.54 Å². The van der Waals surface area contributed by atoms with Crippen LogP contribution in [0.2, 0.25) is 0 Å². The predicted molar refractivity (Wildman–Crippen MR) is 120 cm³/mol. The van der Waals surface area contributed by atoms with E-state index in [1.807, 2.05) is 12.1 Å². The van der Waals surface area contributed by atoms with E-state index in [2.05, 4.69) is 42.6 Å². The zero-order valence-corrected chi connectivity index (χ0v) is 18.4. The number of hydrogen-bond donors (Lipinski definition) is 1. The lowest BCUT2D eigenvalue weighted by atomic mass is 9.78. The third kappa shape index (κ3) is 3.22. The summed E-state index contributed by atoms with van der Waals surface area (Å²) in [4.78, 5) is 0.194. The summed E-state index contributed by atoms with van der Waals surface area (Å²) in [5.41, 5.74) is 5.78. The Kier molecular flexibility index (Phi) is 4.98. The molecule has 0 bridgehead atoms. The van der Waals surface area contributed by atoms with Crippen LogP contribution in [-0.4, -0.2) is 21.0 Å². The van der Waals surface area contributed by atoms with Crippen molar-refractivity contribution in [3.05, 3.63) is 100 Å². The molecule has 3 aromatic rings. The Labute approximate surface area is 183 Å². The Hall–Kier alpha value is -2.50. The van der Waals surface area contributed by atoms with E-state index in [9.17, 15) is 12.8 Å². The minimum absolute atomic E-state index is 0.128. The molecule has 0 amide bonds. The van der Waals surface area contributed by atoms with Crippen LogP contribution >= 0.6 is 0 Å². The molecule has 3 aromatic carbocycles. The molecule has 1 fully saturated rings. The highest BCUT2D eigenvalue weighted by Gasteiger charge is 2.56. The summed E-state index contributed by atoms with van der Waals surface area (Å²) in [5.74, 6) is -0.428. The van der Waals surface area contributed by atoms with Crippen molar-refractivity contribution in [2.45, 2.75) is 48.3 Å². The lowest BCUT2D eigenvalue weighted by Crippen LogP contribution is -2.49. The Morgan fingerprint density at radius 2 is 1.84 bits per heavy atom. The fourth-order valence-electron chi connectivity index (χ4n) is 5.42. The summed E-state index contributed by atoms with van der Waals surface area (Å²) in [5, 5.41) is 3.44. The van der Waals surface area contributed by atoms with Crippen LogP contribution in [0.15, 0.2) is 71.6 Å². The van der Waals surface area contributed by atoms with E-state index in [0.717, 1.165) is 30.4 Å². The largest absolute Gasteiger partial charge is 0.312 e. The molecule has 3 nitrogen and oxygen atoms in total. The van der Waals surface area contributed by atoms with Gasteiger partial charge in [0.15, 0.2) is 9.84 Å². The number of benzene rings is 3. The second-order valence-electron chi connectivity index (χ2n) is 8.74. The molecule has 1 saturated heterocycles. The van der Waals surface area contributed by atoms with E-state index >= 15 is 0 Å². The van der Waals surface area contributed by atoms with Gasteiger partial charge in [-0.2, -0.15) is 0 Å². The van der Waals surface area contributed by atoms with Gasteiger partial charge in [-0.25, -0.2) is 12.8 Å². The Morgan fingerprint density at radius 3 is 2.61 bits per heavy atom. The van der Waals surface area contributed by atoms with Crippen molar-refractivity contribution >= 4 is 9.84 Å². The minimum Gasteiger partial charge on any atom is -0.312 e. The molecule has 0 spiro atoms. The molecule has 0 saturated carbocycles. The molecule has 0 unspecified atom stereocenters. The molecule has 5 rings (SSSR count). The van der Waals surface area contributed by atoms with Crippen LogP contribution in [0, 0.1) is 12.7 Å².